The quantitative estimate of drug-likeness (QED) is 0.543. The van der Waals surface area contributed by atoms with Crippen LogP contribution in [0.25, 0.3) is 5.57 Å². The van der Waals surface area contributed by atoms with Crippen molar-refractivity contribution in [3.05, 3.63) is 54.1 Å². The minimum atomic E-state index is -0.353. The van der Waals surface area contributed by atoms with Crippen LogP contribution in [0.15, 0.2) is 43.0 Å². The van der Waals surface area contributed by atoms with E-state index < -0.39 is 0 Å². The van der Waals surface area contributed by atoms with Crippen LogP contribution in [-0.4, -0.2) is 11.6 Å². The Morgan fingerprint density at radius 3 is 2.19 bits per heavy atom. The van der Waals surface area contributed by atoms with E-state index in [4.69, 9.17) is 0 Å². The Kier molecular flexibility index (Phi) is 6.29. The third-order valence-corrected chi connectivity index (χ3v) is 3.61. The molecule has 21 heavy (non-hydrogen) atoms. The largest absolute Gasteiger partial charge is 0.299 e. The third-order valence-electron chi connectivity index (χ3n) is 3.61. The highest BCUT2D eigenvalue weighted by molar-refractivity contribution is 6.20. The van der Waals surface area contributed by atoms with Crippen molar-refractivity contribution in [2.24, 2.45) is 5.92 Å². The molecule has 0 aliphatic heterocycles. The maximum absolute atomic E-state index is 12.3. The summed E-state index contributed by atoms with van der Waals surface area (Å²) < 4.78 is 0. The van der Waals surface area contributed by atoms with Crippen LogP contribution >= 0.6 is 0 Å². The predicted molar refractivity (Wildman–Crippen MR) is 88.2 cm³/mol. The summed E-state index contributed by atoms with van der Waals surface area (Å²) in [5.74, 6) is 0.0315. The number of allylic oxidation sites excluding steroid dienone is 3. The first-order valence-corrected chi connectivity index (χ1v) is 7.32. The van der Waals surface area contributed by atoms with E-state index in [0.717, 1.165) is 5.56 Å². The number of Topliss-reactive ketones (excluding diaryl/α,β-unsaturated/α-hetero) is 2. The molecular formula is C19H24O2. The zero-order valence-electron chi connectivity index (χ0n) is 13.3. The topological polar surface area (TPSA) is 34.1 Å². The number of ketones is 2. The summed E-state index contributed by atoms with van der Waals surface area (Å²) >= 11 is 0. The molecule has 112 valence electrons. The Morgan fingerprint density at radius 2 is 1.76 bits per heavy atom. The molecule has 0 aromatic heterocycles. The van der Waals surface area contributed by atoms with Crippen LogP contribution in [0.3, 0.4) is 0 Å². The lowest BCUT2D eigenvalue weighted by atomic mass is 9.91. The molecule has 1 rings (SSSR count). The molecule has 1 unspecified atom stereocenters. The predicted octanol–water partition coefficient (Wildman–Crippen LogP) is 4.56. The van der Waals surface area contributed by atoms with Crippen molar-refractivity contribution < 1.29 is 9.59 Å². The second-order valence-electron chi connectivity index (χ2n) is 5.63. The lowest BCUT2D eigenvalue weighted by molar-refractivity contribution is -0.123. The molecule has 0 bridgehead atoms. The van der Waals surface area contributed by atoms with E-state index in [-0.39, 0.29) is 23.9 Å². The molecule has 0 aliphatic rings. The SMILES string of the molecule is C=C(C(=O)CC(/C=C/C)C(C)=O)c1ccc(C(C)C)cc1. The zero-order chi connectivity index (χ0) is 16.0. The Bertz CT molecular complexity index is 547. The van der Waals surface area contributed by atoms with E-state index in [1.807, 2.05) is 31.2 Å². The molecule has 0 saturated heterocycles. The van der Waals surface area contributed by atoms with Crippen molar-refractivity contribution >= 4 is 17.1 Å². The van der Waals surface area contributed by atoms with Crippen molar-refractivity contribution in [3.63, 3.8) is 0 Å². The van der Waals surface area contributed by atoms with Gasteiger partial charge in [-0.1, -0.05) is 56.8 Å². The number of hydrogen-bond acceptors (Lipinski definition) is 2. The van der Waals surface area contributed by atoms with Gasteiger partial charge < -0.3 is 0 Å². The van der Waals surface area contributed by atoms with E-state index in [1.165, 1.54) is 12.5 Å². The molecule has 0 spiro atoms. The minimum absolute atomic E-state index is 0.00408. The number of carbonyl (C=O) groups excluding carboxylic acids is 2. The molecule has 0 heterocycles. The van der Waals surface area contributed by atoms with Gasteiger partial charge in [-0.2, -0.15) is 0 Å². The molecule has 0 aliphatic carbocycles. The first kappa shape index (κ1) is 17.1. The van der Waals surface area contributed by atoms with Gasteiger partial charge in [0, 0.05) is 17.9 Å². The zero-order valence-corrected chi connectivity index (χ0v) is 13.3. The lowest BCUT2D eigenvalue weighted by Crippen LogP contribution is -2.14. The lowest BCUT2D eigenvalue weighted by Gasteiger charge is -2.11. The van der Waals surface area contributed by atoms with Crippen LogP contribution in [0.4, 0.5) is 0 Å². The smallest absolute Gasteiger partial charge is 0.163 e. The highest BCUT2D eigenvalue weighted by atomic mass is 16.1. The summed E-state index contributed by atoms with van der Waals surface area (Å²) in [6, 6.07) is 7.89. The van der Waals surface area contributed by atoms with Gasteiger partial charge in [0.25, 0.3) is 0 Å². The molecule has 0 radical (unpaired) electrons. The first-order valence-electron chi connectivity index (χ1n) is 7.32. The fraction of sp³-hybridized carbons (Fsp3) is 0.368. The Labute approximate surface area is 127 Å². The van der Waals surface area contributed by atoms with Gasteiger partial charge in [0.05, 0.1) is 0 Å². The van der Waals surface area contributed by atoms with Crippen molar-refractivity contribution in [1.82, 2.24) is 0 Å². The average Bonchev–Trinajstić information content (AvgIpc) is 2.45. The normalized spacial score (nSPS) is 12.6. The molecule has 1 atom stereocenters. The highest BCUT2D eigenvalue weighted by Crippen LogP contribution is 2.21. The third kappa shape index (κ3) is 4.82. The van der Waals surface area contributed by atoms with Gasteiger partial charge in [0.1, 0.15) is 5.78 Å². The Balaban J connectivity index is 2.82. The molecule has 2 heteroatoms. The van der Waals surface area contributed by atoms with Crippen LogP contribution in [0, 0.1) is 5.92 Å². The van der Waals surface area contributed by atoms with E-state index in [2.05, 4.69) is 20.4 Å². The molecule has 0 fully saturated rings. The van der Waals surface area contributed by atoms with E-state index in [0.29, 0.717) is 11.5 Å². The first-order chi connectivity index (χ1) is 9.86. The van der Waals surface area contributed by atoms with Gasteiger partial charge in [0.2, 0.25) is 0 Å². The second-order valence-corrected chi connectivity index (χ2v) is 5.63. The number of carbonyl (C=O) groups is 2. The Morgan fingerprint density at radius 1 is 1.19 bits per heavy atom. The second kappa shape index (κ2) is 7.72. The molecule has 0 N–H and O–H groups in total. The summed E-state index contributed by atoms with van der Waals surface area (Å²) in [7, 11) is 0. The fourth-order valence-corrected chi connectivity index (χ4v) is 2.13. The van der Waals surface area contributed by atoms with Crippen molar-refractivity contribution in [2.75, 3.05) is 0 Å². The van der Waals surface area contributed by atoms with E-state index >= 15 is 0 Å². The van der Waals surface area contributed by atoms with Gasteiger partial charge in [-0.05, 0) is 30.9 Å². The number of rotatable bonds is 7. The summed E-state index contributed by atoms with van der Waals surface area (Å²) in [6.07, 6.45) is 3.76. The summed E-state index contributed by atoms with van der Waals surface area (Å²) in [4.78, 5) is 23.8. The summed E-state index contributed by atoms with van der Waals surface area (Å²) in [6.45, 7) is 11.5. The number of benzene rings is 1. The highest BCUT2D eigenvalue weighted by Gasteiger charge is 2.18. The standard InChI is InChI=1S/C19H24O2/c1-6-7-18(15(5)20)12-19(21)14(4)17-10-8-16(9-11-17)13(2)3/h6-11,13,18H,4,12H2,1-3,5H3/b7-6+. The maximum atomic E-state index is 12.3. The summed E-state index contributed by atoms with van der Waals surface area (Å²) in [5, 5.41) is 0. The van der Waals surface area contributed by atoms with Crippen molar-refractivity contribution in [1.29, 1.82) is 0 Å². The van der Waals surface area contributed by atoms with Gasteiger partial charge >= 0.3 is 0 Å². The van der Waals surface area contributed by atoms with Crippen LogP contribution in [0.5, 0.6) is 0 Å². The average molecular weight is 284 g/mol. The molecule has 2 nitrogen and oxygen atoms in total. The van der Waals surface area contributed by atoms with Gasteiger partial charge in [-0.25, -0.2) is 0 Å². The molecule has 0 amide bonds. The fourth-order valence-electron chi connectivity index (χ4n) is 2.13. The van der Waals surface area contributed by atoms with Crippen LogP contribution < -0.4 is 0 Å². The molecule has 0 saturated carbocycles. The Hall–Kier alpha value is -1.96. The van der Waals surface area contributed by atoms with Crippen LogP contribution in [-0.2, 0) is 9.59 Å². The van der Waals surface area contributed by atoms with Gasteiger partial charge in [-0.3, -0.25) is 9.59 Å². The summed E-state index contributed by atoms with van der Waals surface area (Å²) in [5.41, 5.74) is 2.53. The van der Waals surface area contributed by atoms with Crippen LogP contribution in [0.2, 0.25) is 0 Å². The molecule has 1 aromatic rings. The van der Waals surface area contributed by atoms with Crippen molar-refractivity contribution in [2.45, 2.75) is 40.0 Å². The number of hydrogen-bond donors (Lipinski definition) is 0. The monoisotopic (exact) mass is 284 g/mol. The maximum Gasteiger partial charge on any atom is 0.163 e. The van der Waals surface area contributed by atoms with Crippen LogP contribution in [0.1, 0.15) is 51.2 Å². The molecular weight excluding hydrogens is 260 g/mol. The minimum Gasteiger partial charge on any atom is -0.299 e. The van der Waals surface area contributed by atoms with E-state index in [1.54, 1.807) is 12.2 Å². The van der Waals surface area contributed by atoms with Gasteiger partial charge in [-0.15, -0.1) is 0 Å². The van der Waals surface area contributed by atoms with E-state index in [9.17, 15) is 9.59 Å². The molecule has 1 aromatic carbocycles. The van der Waals surface area contributed by atoms with Gasteiger partial charge in [0.15, 0.2) is 5.78 Å². The van der Waals surface area contributed by atoms with Crippen molar-refractivity contribution in [3.8, 4) is 0 Å².